The summed E-state index contributed by atoms with van der Waals surface area (Å²) in [5.74, 6) is 2.70. The summed E-state index contributed by atoms with van der Waals surface area (Å²) in [5.41, 5.74) is 0. The molecule has 1 fully saturated rings. The predicted octanol–water partition coefficient (Wildman–Crippen LogP) is 3.09. The van der Waals surface area contributed by atoms with Crippen LogP contribution in [-0.4, -0.2) is 60.9 Å². The lowest BCUT2D eigenvalue weighted by molar-refractivity contribution is 0.0657. The molecule has 0 unspecified atom stereocenters. The van der Waals surface area contributed by atoms with Crippen molar-refractivity contribution in [3.05, 3.63) is 48.3 Å². The van der Waals surface area contributed by atoms with Crippen LogP contribution in [-0.2, 0) is 6.42 Å². The van der Waals surface area contributed by atoms with E-state index in [4.69, 9.17) is 13.8 Å². The number of carbonyl (C=O) groups excluding carboxylic acids is 1. The van der Waals surface area contributed by atoms with Gasteiger partial charge in [0.15, 0.2) is 11.7 Å². The lowest BCUT2D eigenvalue weighted by atomic mass is 10.2. The Balaban J connectivity index is 0.00000280. The summed E-state index contributed by atoms with van der Waals surface area (Å²) in [5, 5.41) is 3.45. The van der Waals surface area contributed by atoms with Crippen molar-refractivity contribution in [3.8, 4) is 0 Å². The molecule has 7 nitrogen and oxygen atoms in total. The molecule has 154 valence electrons. The maximum absolute atomic E-state index is 12.4. The summed E-state index contributed by atoms with van der Waals surface area (Å²) < 4.78 is 10.6. The van der Waals surface area contributed by atoms with Crippen molar-refractivity contribution in [2.45, 2.75) is 20.3 Å². The molecule has 0 atom stereocenters. The van der Waals surface area contributed by atoms with Crippen molar-refractivity contribution in [2.75, 3.05) is 39.3 Å². The van der Waals surface area contributed by atoms with Crippen molar-refractivity contribution in [1.82, 2.24) is 15.1 Å². The zero-order valence-corrected chi connectivity index (χ0v) is 18.8. The standard InChI is InChI=1S/C20H28N4O3.HI/c1-16(2)15-22-20(21-8-7-17-5-3-13-26-17)24-11-9-23(10-12-24)19(25)18-6-4-14-27-18;/h3-6,13-14,16H,7-12,15H2,1-2H3,(H,21,22);1H. The van der Waals surface area contributed by atoms with Gasteiger partial charge < -0.3 is 24.0 Å². The Bertz CT molecular complexity index is 721. The van der Waals surface area contributed by atoms with Crippen molar-refractivity contribution in [1.29, 1.82) is 0 Å². The van der Waals surface area contributed by atoms with Gasteiger partial charge in [-0.05, 0) is 30.2 Å². The van der Waals surface area contributed by atoms with E-state index in [1.807, 2.05) is 17.0 Å². The zero-order valence-electron chi connectivity index (χ0n) is 16.5. The minimum atomic E-state index is -0.0499. The fraction of sp³-hybridized carbons (Fsp3) is 0.500. The molecule has 0 radical (unpaired) electrons. The number of nitrogens with zero attached hydrogens (tertiary/aromatic N) is 3. The topological polar surface area (TPSA) is 74.2 Å². The minimum absolute atomic E-state index is 0. The smallest absolute Gasteiger partial charge is 0.289 e. The van der Waals surface area contributed by atoms with Crippen LogP contribution in [0.3, 0.4) is 0 Å². The molecule has 2 aromatic rings. The second-order valence-corrected chi connectivity index (χ2v) is 7.07. The molecule has 0 saturated carbocycles. The molecule has 0 aromatic carbocycles. The number of nitrogens with one attached hydrogen (secondary N) is 1. The molecule has 0 aliphatic carbocycles. The average Bonchev–Trinajstić information content (AvgIpc) is 3.38. The second-order valence-electron chi connectivity index (χ2n) is 7.07. The molecule has 0 bridgehead atoms. The van der Waals surface area contributed by atoms with Crippen LogP contribution in [0.5, 0.6) is 0 Å². The lowest BCUT2D eigenvalue weighted by Crippen LogP contribution is -2.54. The highest BCUT2D eigenvalue weighted by atomic mass is 127. The quantitative estimate of drug-likeness (QED) is 0.375. The number of aliphatic imine (C=N–C) groups is 1. The van der Waals surface area contributed by atoms with E-state index in [1.165, 1.54) is 6.26 Å². The summed E-state index contributed by atoms with van der Waals surface area (Å²) in [6.45, 7) is 8.65. The zero-order chi connectivity index (χ0) is 19.1. The maximum atomic E-state index is 12.4. The Labute approximate surface area is 183 Å². The van der Waals surface area contributed by atoms with E-state index in [9.17, 15) is 4.79 Å². The molecule has 1 amide bonds. The van der Waals surface area contributed by atoms with Crippen LogP contribution in [0, 0.1) is 5.92 Å². The van der Waals surface area contributed by atoms with Gasteiger partial charge in [0.25, 0.3) is 5.91 Å². The van der Waals surface area contributed by atoms with Gasteiger partial charge >= 0.3 is 0 Å². The summed E-state index contributed by atoms with van der Waals surface area (Å²) in [6.07, 6.45) is 4.03. The Morgan fingerprint density at radius 3 is 2.39 bits per heavy atom. The van der Waals surface area contributed by atoms with Gasteiger partial charge in [0, 0.05) is 45.7 Å². The fourth-order valence-corrected chi connectivity index (χ4v) is 2.97. The third kappa shape index (κ3) is 6.29. The number of rotatable bonds is 6. The van der Waals surface area contributed by atoms with E-state index in [-0.39, 0.29) is 29.9 Å². The third-order valence-corrected chi connectivity index (χ3v) is 4.44. The van der Waals surface area contributed by atoms with E-state index in [0.717, 1.165) is 44.3 Å². The number of piperazine rings is 1. The van der Waals surface area contributed by atoms with Crippen LogP contribution < -0.4 is 5.32 Å². The van der Waals surface area contributed by atoms with E-state index in [0.29, 0.717) is 24.8 Å². The number of carbonyl (C=O) groups is 1. The second kappa shape index (κ2) is 11.1. The maximum Gasteiger partial charge on any atom is 0.289 e. The summed E-state index contributed by atoms with van der Waals surface area (Å²) in [6, 6.07) is 7.33. The van der Waals surface area contributed by atoms with Gasteiger partial charge in [0.05, 0.1) is 12.5 Å². The van der Waals surface area contributed by atoms with Gasteiger partial charge in [-0.3, -0.25) is 9.79 Å². The van der Waals surface area contributed by atoms with Crippen LogP contribution in [0.15, 0.2) is 50.6 Å². The molecule has 1 aliphatic heterocycles. The van der Waals surface area contributed by atoms with E-state index in [2.05, 4.69) is 24.1 Å². The first-order valence-corrected chi connectivity index (χ1v) is 9.52. The normalized spacial score (nSPS) is 14.9. The van der Waals surface area contributed by atoms with E-state index < -0.39 is 0 Å². The molecular formula is C20H29IN4O3. The summed E-state index contributed by atoms with van der Waals surface area (Å²) in [7, 11) is 0. The molecule has 1 N–H and O–H groups in total. The Morgan fingerprint density at radius 1 is 1.11 bits per heavy atom. The van der Waals surface area contributed by atoms with Crippen LogP contribution >= 0.6 is 24.0 Å². The molecule has 1 aliphatic rings. The molecule has 8 heteroatoms. The number of hydrogen-bond acceptors (Lipinski definition) is 4. The van der Waals surface area contributed by atoms with Crippen LogP contribution in [0.1, 0.15) is 30.2 Å². The SMILES string of the molecule is CC(C)CN=C(NCCc1ccco1)N1CCN(C(=O)c2ccco2)CC1.I. The van der Waals surface area contributed by atoms with Gasteiger partial charge in [0.1, 0.15) is 5.76 Å². The largest absolute Gasteiger partial charge is 0.469 e. The third-order valence-electron chi connectivity index (χ3n) is 4.44. The predicted molar refractivity (Wildman–Crippen MR) is 119 cm³/mol. The van der Waals surface area contributed by atoms with Crippen LogP contribution in [0.2, 0.25) is 0 Å². The monoisotopic (exact) mass is 500 g/mol. The van der Waals surface area contributed by atoms with Gasteiger partial charge in [-0.1, -0.05) is 13.8 Å². The number of hydrogen-bond donors (Lipinski definition) is 1. The summed E-state index contributed by atoms with van der Waals surface area (Å²) in [4.78, 5) is 21.2. The highest BCUT2D eigenvalue weighted by molar-refractivity contribution is 14.0. The number of halogens is 1. The molecular weight excluding hydrogens is 471 g/mol. The summed E-state index contributed by atoms with van der Waals surface area (Å²) >= 11 is 0. The van der Waals surface area contributed by atoms with Crippen molar-refractivity contribution in [3.63, 3.8) is 0 Å². The van der Waals surface area contributed by atoms with Crippen LogP contribution in [0.25, 0.3) is 0 Å². The lowest BCUT2D eigenvalue weighted by Gasteiger charge is -2.36. The molecule has 3 heterocycles. The number of furan rings is 2. The van der Waals surface area contributed by atoms with E-state index in [1.54, 1.807) is 18.4 Å². The Kier molecular flexibility index (Phi) is 8.88. The first-order chi connectivity index (χ1) is 13.1. The molecule has 0 spiro atoms. The Morgan fingerprint density at radius 2 is 1.79 bits per heavy atom. The van der Waals surface area contributed by atoms with Gasteiger partial charge in [-0.15, -0.1) is 24.0 Å². The fourth-order valence-electron chi connectivity index (χ4n) is 2.97. The van der Waals surface area contributed by atoms with Crippen molar-refractivity contribution >= 4 is 35.8 Å². The van der Waals surface area contributed by atoms with Crippen LogP contribution in [0.4, 0.5) is 0 Å². The van der Waals surface area contributed by atoms with Gasteiger partial charge in [0.2, 0.25) is 0 Å². The molecule has 1 saturated heterocycles. The number of amides is 1. The highest BCUT2D eigenvalue weighted by Crippen LogP contribution is 2.10. The van der Waals surface area contributed by atoms with E-state index >= 15 is 0 Å². The first-order valence-electron chi connectivity index (χ1n) is 9.52. The van der Waals surface area contributed by atoms with Gasteiger partial charge in [-0.2, -0.15) is 0 Å². The highest BCUT2D eigenvalue weighted by Gasteiger charge is 2.25. The van der Waals surface area contributed by atoms with Crippen molar-refractivity contribution in [2.24, 2.45) is 10.9 Å². The Hall–Kier alpha value is -1.97. The minimum Gasteiger partial charge on any atom is -0.469 e. The molecule has 2 aromatic heterocycles. The van der Waals surface area contributed by atoms with Crippen molar-refractivity contribution < 1.29 is 13.6 Å². The first kappa shape index (κ1) is 22.3. The molecule has 3 rings (SSSR count). The average molecular weight is 500 g/mol. The number of guanidine groups is 1. The van der Waals surface area contributed by atoms with Gasteiger partial charge in [-0.25, -0.2) is 0 Å². The molecule has 28 heavy (non-hydrogen) atoms.